The molecule has 9 nitrogen and oxygen atoms in total. The minimum Gasteiger partial charge on any atom is -0.448 e. The zero-order valence-corrected chi connectivity index (χ0v) is 34.7. The molecule has 4 aromatic rings. The summed E-state index contributed by atoms with van der Waals surface area (Å²) in [5.41, 5.74) is 5.07. The second-order valence-electron chi connectivity index (χ2n) is 14.1. The van der Waals surface area contributed by atoms with Crippen molar-refractivity contribution in [2.75, 3.05) is 20.2 Å². The van der Waals surface area contributed by atoms with Gasteiger partial charge in [-0.25, -0.2) is 14.2 Å². The molecule has 0 bridgehead atoms. The molecule has 0 unspecified atom stereocenters. The maximum absolute atomic E-state index is 14.4. The highest BCUT2D eigenvalue weighted by atomic mass is 32.1. The van der Waals surface area contributed by atoms with Crippen molar-refractivity contribution in [1.29, 1.82) is 0 Å². The van der Waals surface area contributed by atoms with Crippen LogP contribution in [0.3, 0.4) is 0 Å². The Balaban J connectivity index is 0.00000224. The number of nitrogens with zero attached hydrogens (tertiary/aromatic N) is 3. The maximum atomic E-state index is 14.4. The van der Waals surface area contributed by atoms with E-state index in [0.717, 1.165) is 60.8 Å². The highest BCUT2D eigenvalue weighted by molar-refractivity contribution is 7.59. The van der Waals surface area contributed by atoms with Gasteiger partial charge in [0.05, 0.1) is 6.04 Å². The molecule has 3 aromatic carbocycles. The Labute approximate surface area is 346 Å². The number of likely N-dealkylation sites (tertiary alicyclic amines) is 1. The third-order valence-corrected chi connectivity index (χ3v) is 11.9. The van der Waals surface area contributed by atoms with Crippen molar-refractivity contribution in [3.63, 3.8) is 0 Å². The molecule has 0 radical (unpaired) electrons. The lowest BCUT2D eigenvalue weighted by atomic mass is 9.83. The van der Waals surface area contributed by atoms with Crippen molar-refractivity contribution < 1.29 is 28.3 Å². The van der Waals surface area contributed by atoms with Crippen LogP contribution in [0, 0.1) is 11.7 Å². The Bertz CT molecular complexity index is 1930. The normalized spacial score (nSPS) is 17.3. The molecule has 0 spiro atoms. The third kappa shape index (κ3) is 9.24. The molecule has 1 saturated carbocycles. The zero-order chi connectivity index (χ0) is 36.4. The lowest BCUT2D eigenvalue weighted by Crippen LogP contribution is -2.56. The fourth-order valence-corrected chi connectivity index (χ4v) is 8.86. The van der Waals surface area contributed by atoms with E-state index in [4.69, 9.17) is 4.74 Å². The van der Waals surface area contributed by atoms with Crippen molar-refractivity contribution in [3.05, 3.63) is 111 Å². The predicted octanol–water partition coefficient (Wildman–Crippen LogP) is 7.85. The van der Waals surface area contributed by atoms with E-state index in [0.29, 0.717) is 23.5 Å². The molecule has 3 aliphatic rings. The summed E-state index contributed by atoms with van der Waals surface area (Å²) < 4.78 is 19.3. The quantitative estimate of drug-likeness (QED) is 0.163. The van der Waals surface area contributed by atoms with E-state index in [-0.39, 0.29) is 82.4 Å². The number of rotatable bonds is 10. The Morgan fingerprint density at radius 2 is 1.51 bits per heavy atom. The van der Waals surface area contributed by atoms with Gasteiger partial charge in [0.25, 0.3) is 0 Å². The van der Waals surface area contributed by atoms with E-state index in [1.54, 1.807) is 24.3 Å². The van der Waals surface area contributed by atoms with Gasteiger partial charge in [0.2, 0.25) is 17.6 Å². The average Bonchev–Trinajstić information content (AvgIpc) is 3.94. The molecule has 1 N–H and O–H groups in total. The summed E-state index contributed by atoms with van der Waals surface area (Å²) in [5, 5.41) is 5.41. The largest absolute Gasteiger partial charge is 0.448 e. The first kappa shape index (κ1) is 43.9. The van der Waals surface area contributed by atoms with Crippen LogP contribution >= 0.6 is 51.8 Å². The average molecular weight is 825 g/mol. The van der Waals surface area contributed by atoms with Crippen LogP contribution in [-0.2, 0) is 14.3 Å². The van der Waals surface area contributed by atoms with Gasteiger partial charge in [-0.3, -0.25) is 19.3 Å². The number of aromatic nitrogens is 1. The number of amides is 3. The summed E-state index contributed by atoms with van der Waals surface area (Å²) in [7, 11) is 1.55. The van der Waals surface area contributed by atoms with Gasteiger partial charge in [0.15, 0.2) is 0 Å². The minimum atomic E-state index is -0.886. The van der Waals surface area contributed by atoms with Crippen LogP contribution < -0.4 is 5.32 Å². The van der Waals surface area contributed by atoms with E-state index >= 15 is 0 Å². The fourth-order valence-electron chi connectivity index (χ4n) is 7.91. The number of fused-ring (bicyclic) bond motifs is 3. The van der Waals surface area contributed by atoms with Crippen LogP contribution in [0.25, 0.3) is 11.1 Å². The van der Waals surface area contributed by atoms with Crippen LogP contribution in [0.4, 0.5) is 9.18 Å². The van der Waals surface area contributed by atoms with Gasteiger partial charge in [-0.1, -0.05) is 67.8 Å². The predicted molar refractivity (Wildman–Crippen MR) is 228 cm³/mol. The molecule has 3 atom stereocenters. The highest BCUT2D eigenvalue weighted by Crippen LogP contribution is 2.44. The summed E-state index contributed by atoms with van der Waals surface area (Å²) >= 11 is 1.33. The Morgan fingerprint density at radius 1 is 0.891 bits per heavy atom. The monoisotopic (exact) mass is 824 g/mol. The number of thiazole rings is 1. The van der Waals surface area contributed by atoms with Crippen molar-refractivity contribution in [2.24, 2.45) is 5.92 Å². The number of nitrogens with one attached hydrogen (secondary N) is 1. The molecule has 2 fully saturated rings. The molecule has 2 aliphatic carbocycles. The Kier molecular flexibility index (Phi) is 15.4. The standard InChI is InChI=1S/C41H43FN4O5S.3H2S/c1-25(45(2)41(50)51-23-33-31-15-8-6-13-29(31)30-14-7-9-16-32(30)33)38(48)44-36(26-11-4-3-5-12-26)40(49)46-22-10-17-35(46)39-43-34(24-52-39)37(47)27-18-20-28(42)21-19-27;;;/h6-9,13-16,18-21,24-26,33,35-36H,3-5,10-12,17,22-23H2,1-2H3,(H,44,48);3*1H2/t25-,35-,36-;;;/m0.../s1. The van der Waals surface area contributed by atoms with Gasteiger partial charge in [0, 0.05) is 30.5 Å². The molecule has 3 amide bonds. The minimum absolute atomic E-state index is 0. The van der Waals surface area contributed by atoms with E-state index in [1.807, 2.05) is 24.3 Å². The second kappa shape index (κ2) is 19.3. The van der Waals surface area contributed by atoms with Crippen molar-refractivity contribution in [1.82, 2.24) is 20.1 Å². The Morgan fingerprint density at radius 3 is 2.15 bits per heavy atom. The number of likely N-dealkylation sites (N-methyl/N-ethyl adjacent to an activating group) is 1. The number of ketones is 1. The van der Waals surface area contributed by atoms with Crippen molar-refractivity contribution in [3.8, 4) is 11.1 Å². The van der Waals surface area contributed by atoms with E-state index in [9.17, 15) is 23.6 Å². The highest BCUT2D eigenvalue weighted by Gasteiger charge is 2.41. The number of halogens is 1. The van der Waals surface area contributed by atoms with Crippen LogP contribution in [0.15, 0.2) is 78.2 Å². The molecule has 294 valence electrons. The number of carbonyl (C=O) groups excluding carboxylic acids is 4. The maximum Gasteiger partial charge on any atom is 0.410 e. The van der Waals surface area contributed by atoms with Crippen LogP contribution in [0.1, 0.15) is 96.0 Å². The molecule has 7 rings (SSSR count). The molecule has 14 heteroatoms. The summed E-state index contributed by atoms with van der Waals surface area (Å²) in [5.74, 6) is -1.46. The Hall–Kier alpha value is -3.85. The molecule has 1 aromatic heterocycles. The smallest absolute Gasteiger partial charge is 0.410 e. The van der Waals surface area contributed by atoms with E-state index in [1.165, 1.54) is 40.5 Å². The van der Waals surface area contributed by atoms with Crippen LogP contribution in [-0.4, -0.2) is 70.8 Å². The number of hydrogen-bond donors (Lipinski definition) is 1. The number of hydrogen-bond acceptors (Lipinski definition) is 7. The fraction of sp³-hybridized carbons (Fsp3) is 0.390. The topological polar surface area (TPSA) is 109 Å². The number of ether oxygens (including phenoxy) is 1. The van der Waals surface area contributed by atoms with Gasteiger partial charge < -0.3 is 15.0 Å². The molecule has 1 aliphatic heterocycles. The lowest BCUT2D eigenvalue weighted by molar-refractivity contribution is -0.140. The van der Waals surface area contributed by atoms with E-state index in [2.05, 4.69) is 34.6 Å². The lowest BCUT2D eigenvalue weighted by Gasteiger charge is -2.35. The molecular weight excluding hydrogens is 776 g/mol. The molecule has 1 saturated heterocycles. The second-order valence-corrected chi connectivity index (χ2v) is 15.0. The summed E-state index contributed by atoms with van der Waals surface area (Å²) in [6.45, 7) is 2.30. The van der Waals surface area contributed by atoms with E-state index < -0.39 is 29.9 Å². The summed E-state index contributed by atoms with van der Waals surface area (Å²) in [6, 6.07) is 19.6. The van der Waals surface area contributed by atoms with Gasteiger partial charge in [0.1, 0.15) is 35.2 Å². The first-order valence-corrected chi connectivity index (χ1v) is 19.0. The molecule has 2 heterocycles. The number of benzene rings is 3. The first-order valence-electron chi connectivity index (χ1n) is 18.2. The molecular formula is C41H49FN4O5S4. The SMILES string of the molecule is C[C@@H](C(=O)N[C@H](C(=O)N1CCC[C@H]1c1nc(C(=O)c2ccc(F)cc2)cs1)C1CCCCC1)N(C)C(=O)OCC1c2ccccc2-c2ccccc21.S.S.S. The van der Waals surface area contributed by atoms with Gasteiger partial charge in [-0.05, 0) is 85.0 Å². The van der Waals surface area contributed by atoms with Gasteiger partial charge in [-0.15, -0.1) is 11.3 Å². The third-order valence-electron chi connectivity index (χ3n) is 11.0. The van der Waals surface area contributed by atoms with Crippen LogP contribution in [0.2, 0.25) is 0 Å². The summed E-state index contributed by atoms with van der Waals surface area (Å²) in [6.07, 6.45) is 5.52. The van der Waals surface area contributed by atoms with Gasteiger partial charge in [-0.2, -0.15) is 40.5 Å². The van der Waals surface area contributed by atoms with Gasteiger partial charge >= 0.3 is 6.09 Å². The number of carbonyl (C=O) groups is 4. The van der Waals surface area contributed by atoms with Crippen LogP contribution in [0.5, 0.6) is 0 Å². The zero-order valence-electron chi connectivity index (χ0n) is 30.9. The summed E-state index contributed by atoms with van der Waals surface area (Å²) in [4.78, 5) is 62.4. The molecule has 55 heavy (non-hydrogen) atoms. The van der Waals surface area contributed by atoms with Crippen molar-refractivity contribution in [2.45, 2.75) is 75.9 Å². The van der Waals surface area contributed by atoms with Crippen molar-refractivity contribution >= 4 is 75.5 Å². The first-order chi connectivity index (χ1) is 25.2.